The molecule has 0 saturated heterocycles. The summed E-state index contributed by atoms with van der Waals surface area (Å²) >= 11 is 0. The number of ether oxygens (including phenoxy) is 1. The van der Waals surface area contributed by atoms with Gasteiger partial charge in [-0.05, 0) is 24.6 Å². The molecule has 0 atom stereocenters. The van der Waals surface area contributed by atoms with E-state index >= 15 is 0 Å². The van der Waals surface area contributed by atoms with Crippen LogP contribution in [0, 0.1) is 0 Å². The molecule has 0 aliphatic heterocycles. The zero-order chi connectivity index (χ0) is 12.8. The van der Waals surface area contributed by atoms with E-state index in [1.165, 1.54) is 24.3 Å². The van der Waals surface area contributed by atoms with E-state index in [1.54, 1.807) is 6.92 Å². The predicted molar refractivity (Wildman–Crippen MR) is 60.4 cm³/mol. The van der Waals surface area contributed by atoms with Crippen molar-refractivity contribution in [3.8, 4) is 5.75 Å². The van der Waals surface area contributed by atoms with Gasteiger partial charge in [-0.15, -0.1) is 0 Å². The Bertz CT molecular complexity index is 444. The third kappa shape index (κ3) is 3.64. The molecule has 0 fully saturated rings. The first-order valence-electron chi connectivity index (χ1n) is 4.95. The molecule has 1 aromatic rings. The van der Waals surface area contributed by atoms with Crippen LogP contribution in [0.2, 0.25) is 0 Å². The van der Waals surface area contributed by atoms with Gasteiger partial charge < -0.3 is 14.9 Å². The first-order valence-corrected chi connectivity index (χ1v) is 4.95. The Balaban J connectivity index is 3.11. The van der Waals surface area contributed by atoms with E-state index in [1.807, 2.05) is 0 Å². The van der Waals surface area contributed by atoms with Crippen LogP contribution in [0.3, 0.4) is 0 Å². The topological polar surface area (TPSA) is 83.8 Å². The average molecular weight is 236 g/mol. The van der Waals surface area contributed by atoms with Gasteiger partial charge in [-0.25, -0.2) is 9.59 Å². The molecule has 0 aliphatic carbocycles. The Kier molecular flexibility index (Phi) is 4.28. The van der Waals surface area contributed by atoms with Crippen LogP contribution in [0.15, 0.2) is 30.3 Å². The molecule has 0 amide bonds. The maximum absolute atomic E-state index is 11.5. The fraction of sp³-hybridized carbons (Fsp3) is 0.167. The van der Waals surface area contributed by atoms with E-state index < -0.39 is 11.9 Å². The van der Waals surface area contributed by atoms with Gasteiger partial charge in [0.1, 0.15) is 5.75 Å². The van der Waals surface area contributed by atoms with Crippen molar-refractivity contribution in [2.75, 3.05) is 6.61 Å². The fourth-order valence-corrected chi connectivity index (χ4v) is 1.23. The molecule has 0 saturated carbocycles. The number of phenolic OH excluding ortho intramolecular Hbond substituents is 1. The average Bonchev–Trinajstić information content (AvgIpc) is 2.27. The first-order chi connectivity index (χ1) is 8.04. The van der Waals surface area contributed by atoms with Crippen molar-refractivity contribution in [1.29, 1.82) is 0 Å². The van der Waals surface area contributed by atoms with Crippen molar-refractivity contribution in [3.05, 3.63) is 35.9 Å². The molecular formula is C12H12O5. The third-order valence-corrected chi connectivity index (χ3v) is 1.94. The number of phenols is 1. The molecule has 0 aliphatic rings. The van der Waals surface area contributed by atoms with Crippen LogP contribution in [0.5, 0.6) is 5.75 Å². The van der Waals surface area contributed by atoms with Crippen molar-refractivity contribution in [1.82, 2.24) is 0 Å². The second-order valence-electron chi connectivity index (χ2n) is 3.16. The molecule has 1 aromatic carbocycles. The number of rotatable bonds is 4. The molecule has 0 spiro atoms. The maximum Gasteiger partial charge on any atom is 0.338 e. The highest BCUT2D eigenvalue weighted by Crippen LogP contribution is 2.19. The highest BCUT2D eigenvalue weighted by Gasteiger charge is 2.14. The van der Waals surface area contributed by atoms with Crippen LogP contribution in [-0.4, -0.2) is 28.8 Å². The molecule has 0 radical (unpaired) electrons. The Labute approximate surface area is 98.0 Å². The zero-order valence-electron chi connectivity index (χ0n) is 9.21. The largest absolute Gasteiger partial charge is 0.508 e. The summed E-state index contributed by atoms with van der Waals surface area (Å²) in [6.45, 7) is 1.79. The standard InChI is InChI=1S/C12H12O5/c1-2-17-12(16)10(7-11(14)15)8-3-5-9(13)6-4-8/h3-7,13H,2H2,1H3,(H,14,15). The van der Waals surface area contributed by atoms with Crippen molar-refractivity contribution >= 4 is 17.5 Å². The Morgan fingerprint density at radius 3 is 2.35 bits per heavy atom. The van der Waals surface area contributed by atoms with Gasteiger partial charge in [0.15, 0.2) is 0 Å². The van der Waals surface area contributed by atoms with E-state index in [9.17, 15) is 9.59 Å². The van der Waals surface area contributed by atoms with Crippen LogP contribution < -0.4 is 0 Å². The molecule has 0 heterocycles. The lowest BCUT2D eigenvalue weighted by molar-refractivity contribution is -0.137. The third-order valence-electron chi connectivity index (χ3n) is 1.94. The van der Waals surface area contributed by atoms with E-state index in [0.29, 0.717) is 5.56 Å². The Hall–Kier alpha value is -2.30. The van der Waals surface area contributed by atoms with Crippen LogP contribution in [-0.2, 0) is 14.3 Å². The van der Waals surface area contributed by atoms with Crippen LogP contribution in [0.4, 0.5) is 0 Å². The van der Waals surface area contributed by atoms with E-state index in [2.05, 4.69) is 0 Å². The molecule has 5 nitrogen and oxygen atoms in total. The molecule has 0 bridgehead atoms. The maximum atomic E-state index is 11.5. The number of hydrogen-bond donors (Lipinski definition) is 2. The Morgan fingerprint density at radius 1 is 1.29 bits per heavy atom. The molecule has 2 N–H and O–H groups in total. The van der Waals surface area contributed by atoms with Gasteiger partial charge in [0.05, 0.1) is 12.2 Å². The lowest BCUT2D eigenvalue weighted by Gasteiger charge is -2.06. The summed E-state index contributed by atoms with van der Waals surface area (Å²) in [5.74, 6) is -1.91. The van der Waals surface area contributed by atoms with Gasteiger partial charge in [-0.1, -0.05) is 12.1 Å². The monoisotopic (exact) mass is 236 g/mol. The summed E-state index contributed by atoms with van der Waals surface area (Å²) in [5.41, 5.74) is 0.322. The van der Waals surface area contributed by atoms with Crippen LogP contribution >= 0.6 is 0 Å². The number of esters is 1. The summed E-state index contributed by atoms with van der Waals surface area (Å²) in [7, 11) is 0. The summed E-state index contributed by atoms with van der Waals surface area (Å²) < 4.78 is 4.76. The smallest absolute Gasteiger partial charge is 0.338 e. The number of carbonyl (C=O) groups excluding carboxylic acids is 1. The van der Waals surface area contributed by atoms with Crippen molar-refractivity contribution < 1.29 is 24.5 Å². The molecule has 1 rings (SSSR count). The highest BCUT2D eigenvalue weighted by atomic mass is 16.5. The second kappa shape index (κ2) is 5.69. The fourth-order valence-electron chi connectivity index (χ4n) is 1.23. The quantitative estimate of drug-likeness (QED) is 0.610. The van der Waals surface area contributed by atoms with Crippen LogP contribution in [0.1, 0.15) is 12.5 Å². The summed E-state index contributed by atoms with van der Waals surface area (Å²) in [5, 5.41) is 17.8. The number of carbonyl (C=O) groups is 2. The van der Waals surface area contributed by atoms with Gasteiger partial charge >= 0.3 is 11.9 Å². The zero-order valence-corrected chi connectivity index (χ0v) is 9.21. The number of aromatic hydroxyl groups is 1. The van der Waals surface area contributed by atoms with Gasteiger partial charge in [0.25, 0.3) is 0 Å². The minimum Gasteiger partial charge on any atom is -0.508 e. The second-order valence-corrected chi connectivity index (χ2v) is 3.16. The molecular weight excluding hydrogens is 224 g/mol. The van der Waals surface area contributed by atoms with Crippen molar-refractivity contribution in [3.63, 3.8) is 0 Å². The summed E-state index contributed by atoms with van der Waals surface area (Å²) in [6, 6.07) is 5.62. The number of carboxylic acids is 1. The SMILES string of the molecule is CCOC(=O)C(=CC(=O)O)c1ccc(O)cc1. The van der Waals surface area contributed by atoms with Gasteiger partial charge in [-0.2, -0.15) is 0 Å². The minimum atomic E-state index is -1.24. The first kappa shape index (κ1) is 12.8. The number of benzene rings is 1. The van der Waals surface area contributed by atoms with Gasteiger partial charge in [0, 0.05) is 6.08 Å². The lowest BCUT2D eigenvalue weighted by atomic mass is 10.1. The molecule has 0 aromatic heterocycles. The molecule has 90 valence electrons. The Morgan fingerprint density at radius 2 is 1.88 bits per heavy atom. The predicted octanol–water partition coefficient (Wildman–Crippen LogP) is 1.42. The normalized spacial score (nSPS) is 11.0. The van der Waals surface area contributed by atoms with Crippen molar-refractivity contribution in [2.24, 2.45) is 0 Å². The van der Waals surface area contributed by atoms with E-state index in [-0.39, 0.29) is 17.9 Å². The summed E-state index contributed by atoms with van der Waals surface area (Å²) in [4.78, 5) is 22.2. The molecule has 17 heavy (non-hydrogen) atoms. The van der Waals surface area contributed by atoms with Crippen LogP contribution in [0.25, 0.3) is 5.57 Å². The number of hydrogen-bond acceptors (Lipinski definition) is 4. The van der Waals surface area contributed by atoms with Gasteiger partial charge in [0.2, 0.25) is 0 Å². The van der Waals surface area contributed by atoms with Gasteiger partial charge in [-0.3, -0.25) is 0 Å². The molecule has 0 unspecified atom stereocenters. The number of aliphatic carboxylic acids is 1. The lowest BCUT2D eigenvalue weighted by Crippen LogP contribution is -2.08. The highest BCUT2D eigenvalue weighted by molar-refractivity contribution is 6.20. The molecule has 5 heteroatoms. The number of carboxylic acid groups (broad SMARTS) is 1. The van der Waals surface area contributed by atoms with Crippen molar-refractivity contribution in [2.45, 2.75) is 6.92 Å². The van der Waals surface area contributed by atoms with E-state index in [4.69, 9.17) is 14.9 Å². The minimum absolute atomic E-state index is 0.0345. The summed E-state index contributed by atoms with van der Waals surface area (Å²) in [6.07, 6.45) is 0.782. The van der Waals surface area contributed by atoms with E-state index in [0.717, 1.165) is 6.08 Å².